The molecule has 0 aliphatic heterocycles. The number of primary amides is 1. The van der Waals surface area contributed by atoms with Crippen molar-refractivity contribution in [3.05, 3.63) is 83.5 Å². The minimum absolute atomic E-state index is 0.0918. The quantitative estimate of drug-likeness (QED) is 0.418. The number of ether oxygens (including phenoxy) is 2. The zero-order valence-corrected chi connectivity index (χ0v) is 14.9. The van der Waals surface area contributed by atoms with Crippen LogP contribution >= 0.6 is 0 Å². The molecule has 0 radical (unpaired) electrons. The van der Waals surface area contributed by atoms with E-state index in [1.807, 2.05) is 55.5 Å². The average molecular weight is 356 g/mol. The molecule has 0 aromatic heterocycles. The topological polar surface area (TPSA) is 108 Å². The summed E-state index contributed by atoms with van der Waals surface area (Å²) in [5, 5.41) is 10.2. The van der Waals surface area contributed by atoms with E-state index in [9.17, 15) is 5.11 Å². The molecule has 0 heterocycles. The van der Waals surface area contributed by atoms with Gasteiger partial charge >= 0.3 is 0 Å². The lowest BCUT2D eigenvalue weighted by atomic mass is 10.1. The number of carbonyl (C=O) groups is 1. The Hall–Kier alpha value is -3.41. The van der Waals surface area contributed by atoms with Crippen molar-refractivity contribution in [1.82, 2.24) is 0 Å². The zero-order chi connectivity index (χ0) is 19.4. The van der Waals surface area contributed by atoms with Crippen molar-refractivity contribution < 1.29 is 19.4 Å². The molecular weight excluding hydrogens is 332 g/mol. The maximum Gasteiger partial charge on any atom is 0.204 e. The number of para-hydroxylation sites is 1. The van der Waals surface area contributed by atoms with Crippen LogP contribution in [0.3, 0.4) is 0 Å². The predicted molar refractivity (Wildman–Crippen MR) is 102 cm³/mol. The Morgan fingerprint density at radius 2 is 1.73 bits per heavy atom. The maximum atomic E-state index is 10.2. The van der Waals surface area contributed by atoms with Gasteiger partial charge in [-0.25, -0.2) is 0 Å². The van der Waals surface area contributed by atoms with Crippen LogP contribution in [0.15, 0.2) is 72.3 Å². The lowest BCUT2D eigenvalue weighted by Crippen LogP contribution is -1.99. The first kappa shape index (κ1) is 20.6. The van der Waals surface area contributed by atoms with Crippen LogP contribution in [0.4, 0.5) is 0 Å². The van der Waals surface area contributed by atoms with Gasteiger partial charge in [0.1, 0.15) is 17.3 Å². The van der Waals surface area contributed by atoms with Crippen molar-refractivity contribution in [3.63, 3.8) is 0 Å². The molecule has 0 saturated heterocycles. The average Bonchev–Trinajstić information content (AvgIpc) is 2.63. The van der Waals surface area contributed by atoms with E-state index in [0.29, 0.717) is 11.5 Å². The molecule has 0 bridgehead atoms. The van der Waals surface area contributed by atoms with Gasteiger partial charge in [-0.15, -0.1) is 0 Å². The smallest absolute Gasteiger partial charge is 0.204 e. The van der Waals surface area contributed by atoms with Gasteiger partial charge in [0.05, 0.1) is 7.11 Å². The maximum absolute atomic E-state index is 10.2. The van der Waals surface area contributed by atoms with Crippen molar-refractivity contribution in [2.24, 2.45) is 11.5 Å². The monoisotopic (exact) mass is 356 g/mol. The number of nitrogens with two attached hydrogens (primary N) is 2. The fourth-order valence-corrected chi connectivity index (χ4v) is 2.12. The molecule has 0 aliphatic carbocycles. The van der Waals surface area contributed by atoms with Crippen LogP contribution < -0.4 is 16.2 Å². The number of allylic oxidation sites excluding steroid dienone is 2. The van der Waals surface area contributed by atoms with E-state index in [2.05, 4.69) is 5.73 Å². The number of hydrogen-bond donors (Lipinski definition) is 3. The first-order chi connectivity index (χ1) is 12.5. The van der Waals surface area contributed by atoms with Gasteiger partial charge in [-0.3, -0.25) is 4.79 Å². The normalized spacial score (nSPS) is 11.2. The third-order valence-corrected chi connectivity index (χ3v) is 3.33. The fraction of sp³-hybridized carbons (Fsp3) is 0.150. The molecule has 26 heavy (non-hydrogen) atoms. The highest BCUT2D eigenvalue weighted by molar-refractivity contribution is 5.42. The molecule has 0 fully saturated rings. The molecule has 5 N–H and O–H groups in total. The first-order valence-corrected chi connectivity index (χ1v) is 7.87. The van der Waals surface area contributed by atoms with Crippen molar-refractivity contribution in [3.8, 4) is 11.5 Å². The summed E-state index contributed by atoms with van der Waals surface area (Å²) in [6, 6.07) is 15.4. The van der Waals surface area contributed by atoms with Crippen LogP contribution in [0.2, 0.25) is 0 Å². The molecule has 2 aromatic rings. The van der Waals surface area contributed by atoms with E-state index in [-0.39, 0.29) is 18.6 Å². The summed E-state index contributed by atoms with van der Waals surface area (Å²) in [6.45, 7) is 2.03. The van der Waals surface area contributed by atoms with E-state index in [1.165, 1.54) is 24.9 Å². The Morgan fingerprint density at radius 3 is 2.31 bits per heavy atom. The molecule has 0 unspecified atom stereocenters. The summed E-state index contributed by atoms with van der Waals surface area (Å²) in [7, 11) is 1.49. The van der Waals surface area contributed by atoms with Gasteiger partial charge in [0.25, 0.3) is 0 Å². The number of hydrogen-bond acceptors (Lipinski definition) is 5. The number of aryl methyl sites for hydroxylation is 1. The summed E-state index contributed by atoms with van der Waals surface area (Å²) in [5.74, 6) is 1.86. The minimum Gasteiger partial charge on any atom is -0.508 e. The van der Waals surface area contributed by atoms with Crippen molar-refractivity contribution in [2.45, 2.75) is 13.3 Å². The molecule has 1 amide bonds. The van der Waals surface area contributed by atoms with Crippen LogP contribution in [-0.4, -0.2) is 18.6 Å². The molecule has 2 rings (SSSR count). The second-order valence-corrected chi connectivity index (χ2v) is 5.21. The molecule has 0 spiro atoms. The zero-order valence-electron chi connectivity index (χ0n) is 14.9. The number of aliphatic hydroxyl groups excluding tert-OH is 1. The van der Waals surface area contributed by atoms with E-state index in [0.717, 1.165) is 11.3 Å². The minimum atomic E-state index is 0.0918. The molecule has 6 nitrogen and oxygen atoms in total. The van der Waals surface area contributed by atoms with Gasteiger partial charge < -0.3 is 26.0 Å². The largest absolute Gasteiger partial charge is 0.508 e. The Labute approximate surface area is 153 Å². The van der Waals surface area contributed by atoms with E-state index >= 15 is 0 Å². The SMILES string of the molecule is COC(/C=C\N)=C(\O)Cc1ccccc1Oc1ccc(C)cc1.NC=O. The number of rotatable bonds is 6. The van der Waals surface area contributed by atoms with E-state index in [4.69, 9.17) is 20.0 Å². The number of benzene rings is 2. The van der Waals surface area contributed by atoms with Gasteiger partial charge in [-0.2, -0.15) is 0 Å². The molecule has 0 aliphatic rings. The molecule has 6 heteroatoms. The lowest BCUT2D eigenvalue weighted by Gasteiger charge is -2.12. The summed E-state index contributed by atoms with van der Waals surface area (Å²) in [4.78, 5) is 8.58. The molecule has 0 saturated carbocycles. The highest BCUT2D eigenvalue weighted by Gasteiger charge is 2.10. The van der Waals surface area contributed by atoms with Crippen molar-refractivity contribution in [1.29, 1.82) is 0 Å². The molecule has 138 valence electrons. The Morgan fingerprint density at radius 1 is 1.12 bits per heavy atom. The highest BCUT2D eigenvalue weighted by Crippen LogP contribution is 2.27. The molecule has 0 atom stereocenters. The van der Waals surface area contributed by atoms with Gasteiger partial charge in [0, 0.05) is 12.0 Å². The predicted octanol–water partition coefficient (Wildman–Crippen LogP) is 3.32. The van der Waals surface area contributed by atoms with Crippen molar-refractivity contribution in [2.75, 3.05) is 7.11 Å². The number of carbonyl (C=O) groups excluding carboxylic acids is 1. The van der Waals surface area contributed by atoms with Crippen LogP contribution in [-0.2, 0) is 16.0 Å². The summed E-state index contributed by atoms with van der Waals surface area (Å²) in [6.07, 6.45) is 3.37. The van der Waals surface area contributed by atoms with Crippen molar-refractivity contribution >= 4 is 6.41 Å². The number of amides is 1. The third-order valence-electron chi connectivity index (χ3n) is 3.33. The Kier molecular flexibility index (Phi) is 8.89. The van der Waals surface area contributed by atoms with Crippen LogP contribution in [0.1, 0.15) is 11.1 Å². The van der Waals surface area contributed by atoms with Gasteiger partial charge in [-0.1, -0.05) is 35.9 Å². The second-order valence-electron chi connectivity index (χ2n) is 5.21. The van der Waals surface area contributed by atoms with Gasteiger partial charge in [-0.05, 0) is 37.4 Å². The van der Waals surface area contributed by atoms with Crippen LogP contribution in [0.25, 0.3) is 0 Å². The number of aliphatic hydroxyl groups is 1. The van der Waals surface area contributed by atoms with Gasteiger partial charge in [0.15, 0.2) is 5.76 Å². The standard InChI is InChI=1S/C19H21NO3.CH3NO/c1-14-7-9-16(10-8-14)23-18-6-4-3-5-15(18)13-17(21)19(22-2)11-12-20;2-1-3/h3-12,21H,13,20H2,1-2H3;1H,(H2,2,3)/b12-11-,19-17-;. The van der Waals surface area contributed by atoms with E-state index < -0.39 is 0 Å². The molecular formula is C20H24N2O4. The lowest BCUT2D eigenvalue weighted by molar-refractivity contribution is -0.106. The Balaban J connectivity index is 0.00000105. The highest BCUT2D eigenvalue weighted by atomic mass is 16.5. The summed E-state index contributed by atoms with van der Waals surface area (Å²) in [5.41, 5.74) is 11.5. The first-order valence-electron chi connectivity index (χ1n) is 7.87. The second kappa shape index (κ2) is 11.2. The third kappa shape index (κ3) is 6.60. The number of methoxy groups -OCH3 is 1. The van der Waals surface area contributed by atoms with Crippen LogP contribution in [0, 0.1) is 6.92 Å². The summed E-state index contributed by atoms with van der Waals surface area (Å²) < 4.78 is 11.0. The summed E-state index contributed by atoms with van der Waals surface area (Å²) >= 11 is 0. The Bertz CT molecular complexity index is 753. The van der Waals surface area contributed by atoms with Gasteiger partial charge in [0.2, 0.25) is 6.41 Å². The van der Waals surface area contributed by atoms with Crippen LogP contribution in [0.5, 0.6) is 11.5 Å². The van der Waals surface area contributed by atoms with E-state index in [1.54, 1.807) is 0 Å². The molecule has 2 aromatic carbocycles. The fourth-order valence-electron chi connectivity index (χ4n) is 2.12.